The number of aliphatic carboxylic acids is 1. The lowest BCUT2D eigenvalue weighted by molar-refractivity contribution is -0.149. The Morgan fingerprint density at radius 3 is 2.38 bits per heavy atom. The van der Waals surface area contributed by atoms with Crippen LogP contribution in [0.4, 0.5) is 9.18 Å². The van der Waals surface area contributed by atoms with Crippen molar-refractivity contribution >= 4 is 12.1 Å². The lowest BCUT2D eigenvalue weighted by Gasteiger charge is -2.29. The quantitative estimate of drug-likeness (QED) is 0.668. The number of nitrogens with zero attached hydrogens (tertiary/aromatic N) is 1. The summed E-state index contributed by atoms with van der Waals surface area (Å²) in [6.07, 6.45) is -0.939. The zero-order valence-electron chi connectivity index (χ0n) is 6.86. The van der Waals surface area contributed by atoms with E-state index in [1.807, 2.05) is 0 Å². The van der Waals surface area contributed by atoms with Gasteiger partial charge >= 0.3 is 12.1 Å². The predicted octanol–water partition coefficient (Wildman–Crippen LogP) is 0.553. The van der Waals surface area contributed by atoms with Gasteiger partial charge in [0, 0.05) is 6.54 Å². The first-order valence-corrected chi connectivity index (χ1v) is 3.84. The van der Waals surface area contributed by atoms with Gasteiger partial charge in [0.15, 0.2) is 5.54 Å². The molecule has 2 N–H and O–H groups in total. The topological polar surface area (TPSA) is 77.8 Å². The maximum atomic E-state index is 12.5. The Morgan fingerprint density at radius 2 is 2.08 bits per heavy atom. The van der Waals surface area contributed by atoms with E-state index in [-0.39, 0.29) is 13.0 Å². The van der Waals surface area contributed by atoms with Gasteiger partial charge in [0.25, 0.3) is 0 Å². The zero-order valence-corrected chi connectivity index (χ0v) is 6.86. The fourth-order valence-electron chi connectivity index (χ4n) is 1.58. The van der Waals surface area contributed by atoms with E-state index in [9.17, 15) is 14.0 Å². The molecule has 0 spiro atoms. The van der Waals surface area contributed by atoms with Crippen molar-refractivity contribution in [3.8, 4) is 0 Å². The fraction of sp³-hybridized carbons (Fsp3) is 0.714. The maximum Gasteiger partial charge on any atom is 0.408 e. The standard InChI is InChI=1S/C7H10FNO4/c8-4-7(5(10)11)2-1-3-9(7)6(12)13/h1-4H2,(H,10,11)(H,12,13). The van der Waals surface area contributed by atoms with Crippen LogP contribution in [0, 0.1) is 0 Å². The minimum Gasteiger partial charge on any atom is -0.479 e. The van der Waals surface area contributed by atoms with E-state index in [0.29, 0.717) is 11.3 Å². The van der Waals surface area contributed by atoms with E-state index < -0.39 is 24.3 Å². The number of likely N-dealkylation sites (tertiary alicyclic amines) is 1. The molecule has 0 aromatic carbocycles. The molecule has 6 heteroatoms. The maximum absolute atomic E-state index is 12.5. The molecule has 1 atom stereocenters. The fourth-order valence-corrected chi connectivity index (χ4v) is 1.58. The Hall–Kier alpha value is -1.33. The molecule has 1 aliphatic rings. The van der Waals surface area contributed by atoms with Crippen LogP contribution >= 0.6 is 0 Å². The highest BCUT2D eigenvalue weighted by atomic mass is 19.1. The Labute approximate surface area is 73.8 Å². The predicted molar refractivity (Wildman–Crippen MR) is 40.3 cm³/mol. The van der Waals surface area contributed by atoms with Gasteiger partial charge in [0.1, 0.15) is 6.67 Å². The summed E-state index contributed by atoms with van der Waals surface area (Å²) in [5, 5.41) is 17.4. The molecule has 0 aromatic heterocycles. The molecule has 0 bridgehead atoms. The normalized spacial score (nSPS) is 27.6. The zero-order chi connectivity index (χ0) is 10.1. The van der Waals surface area contributed by atoms with Crippen molar-refractivity contribution in [2.24, 2.45) is 0 Å². The lowest BCUT2D eigenvalue weighted by atomic mass is 9.99. The highest BCUT2D eigenvalue weighted by Gasteiger charge is 2.50. The van der Waals surface area contributed by atoms with E-state index in [1.54, 1.807) is 0 Å². The van der Waals surface area contributed by atoms with Gasteiger partial charge in [-0.25, -0.2) is 14.0 Å². The molecule has 1 unspecified atom stereocenters. The second-order valence-corrected chi connectivity index (χ2v) is 3.01. The number of alkyl halides is 1. The van der Waals surface area contributed by atoms with Crippen LogP contribution in [0.25, 0.3) is 0 Å². The number of carbonyl (C=O) groups is 2. The summed E-state index contributed by atoms with van der Waals surface area (Å²) in [5.74, 6) is -1.41. The number of halogens is 1. The third-order valence-corrected chi connectivity index (χ3v) is 2.34. The van der Waals surface area contributed by atoms with Crippen molar-refractivity contribution in [3.63, 3.8) is 0 Å². The van der Waals surface area contributed by atoms with Crippen LogP contribution in [-0.4, -0.2) is 45.9 Å². The molecule has 1 rings (SSSR count). The van der Waals surface area contributed by atoms with Crippen LogP contribution in [0.2, 0.25) is 0 Å². The first-order valence-electron chi connectivity index (χ1n) is 3.84. The average Bonchev–Trinajstić information content (AvgIpc) is 2.48. The first-order chi connectivity index (χ1) is 6.04. The van der Waals surface area contributed by atoms with Gasteiger partial charge in [-0.05, 0) is 12.8 Å². The van der Waals surface area contributed by atoms with Gasteiger partial charge in [0.05, 0.1) is 0 Å². The number of carboxylic acids is 1. The van der Waals surface area contributed by atoms with Crippen LogP contribution in [0.1, 0.15) is 12.8 Å². The van der Waals surface area contributed by atoms with Gasteiger partial charge in [-0.2, -0.15) is 0 Å². The van der Waals surface area contributed by atoms with Crippen molar-refractivity contribution in [2.75, 3.05) is 13.2 Å². The van der Waals surface area contributed by atoms with Crippen molar-refractivity contribution in [3.05, 3.63) is 0 Å². The van der Waals surface area contributed by atoms with Crippen LogP contribution in [-0.2, 0) is 4.79 Å². The summed E-state index contributed by atoms with van der Waals surface area (Å²) in [6, 6.07) is 0. The molecular weight excluding hydrogens is 181 g/mol. The van der Waals surface area contributed by atoms with Crippen LogP contribution in [0.3, 0.4) is 0 Å². The number of carboxylic acid groups (broad SMARTS) is 2. The second-order valence-electron chi connectivity index (χ2n) is 3.01. The Morgan fingerprint density at radius 1 is 1.46 bits per heavy atom. The van der Waals surface area contributed by atoms with E-state index in [2.05, 4.69) is 0 Å². The van der Waals surface area contributed by atoms with Crippen LogP contribution < -0.4 is 0 Å². The summed E-state index contributed by atoms with van der Waals surface area (Å²) < 4.78 is 12.5. The molecule has 0 aliphatic carbocycles. The molecule has 74 valence electrons. The number of amides is 1. The summed E-state index contributed by atoms with van der Waals surface area (Å²) in [6.45, 7) is -1.08. The minimum absolute atomic E-state index is 0.0468. The molecule has 13 heavy (non-hydrogen) atoms. The highest BCUT2D eigenvalue weighted by Crippen LogP contribution is 2.30. The van der Waals surface area contributed by atoms with Crippen molar-refractivity contribution < 1.29 is 24.2 Å². The highest BCUT2D eigenvalue weighted by molar-refractivity contribution is 5.84. The third-order valence-electron chi connectivity index (χ3n) is 2.34. The summed E-state index contributed by atoms with van der Waals surface area (Å²) in [7, 11) is 0. The molecule has 0 aromatic rings. The Balaban J connectivity index is 2.96. The first kappa shape index (κ1) is 9.76. The van der Waals surface area contributed by atoms with Gasteiger partial charge in [-0.1, -0.05) is 0 Å². The Kier molecular flexibility index (Phi) is 2.40. The average molecular weight is 191 g/mol. The monoisotopic (exact) mass is 191 g/mol. The molecule has 1 fully saturated rings. The van der Waals surface area contributed by atoms with Gasteiger partial charge in [-0.3, -0.25) is 4.90 Å². The largest absolute Gasteiger partial charge is 0.479 e. The van der Waals surface area contributed by atoms with E-state index in [0.717, 1.165) is 0 Å². The summed E-state index contributed by atoms with van der Waals surface area (Å²) >= 11 is 0. The van der Waals surface area contributed by atoms with Crippen LogP contribution in [0.5, 0.6) is 0 Å². The van der Waals surface area contributed by atoms with Gasteiger partial charge in [0.2, 0.25) is 0 Å². The van der Waals surface area contributed by atoms with Gasteiger partial charge in [-0.15, -0.1) is 0 Å². The summed E-state index contributed by atoms with van der Waals surface area (Å²) in [4.78, 5) is 22.0. The molecule has 5 nitrogen and oxygen atoms in total. The van der Waals surface area contributed by atoms with Crippen molar-refractivity contribution in [1.29, 1.82) is 0 Å². The molecule has 1 saturated heterocycles. The smallest absolute Gasteiger partial charge is 0.408 e. The molecule has 1 aliphatic heterocycles. The number of hydrogen-bond donors (Lipinski definition) is 2. The third kappa shape index (κ3) is 1.32. The number of hydrogen-bond acceptors (Lipinski definition) is 2. The molecule has 0 saturated carbocycles. The van der Waals surface area contributed by atoms with Crippen molar-refractivity contribution in [2.45, 2.75) is 18.4 Å². The Bertz CT molecular complexity index is 245. The number of rotatable bonds is 2. The SMILES string of the molecule is O=C(O)N1CCCC1(CF)C(=O)O. The summed E-state index contributed by atoms with van der Waals surface area (Å²) in [5.41, 5.74) is -1.84. The molecular formula is C7H10FNO4. The lowest BCUT2D eigenvalue weighted by Crippen LogP contribution is -2.54. The van der Waals surface area contributed by atoms with E-state index in [4.69, 9.17) is 10.2 Å². The van der Waals surface area contributed by atoms with E-state index in [1.165, 1.54) is 0 Å². The molecule has 1 heterocycles. The van der Waals surface area contributed by atoms with E-state index >= 15 is 0 Å². The van der Waals surface area contributed by atoms with Crippen molar-refractivity contribution in [1.82, 2.24) is 4.90 Å². The van der Waals surface area contributed by atoms with Crippen LogP contribution in [0.15, 0.2) is 0 Å². The van der Waals surface area contributed by atoms with Gasteiger partial charge < -0.3 is 10.2 Å². The second kappa shape index (κ2) is 3.20. The molecule has 1 amide bonds. The molecule has 0 radical (unpaired) electrons. The minimum atomic E-state index is -1.84.